The molecule has 2 aliphatic rings. The molecule has 5 nitrogen and oxygen atoms in total. The lowest BCUT2D eigenvalue weighted by Gasteiger charge is -2.58. The second-order valence-corrected chi connectivity index (χ2v) is 9.97. The SMILES string of the molecule is C[C@@H]1CCC2C(C)(C)CCCC2(C)C1C(=O)c1cc(O)cc(O)c1.NCCCN. The average Bonchev–Trinajstić information content (AvgIpc) is 2.60. The van der Waals surface area contributed by atoms with Gasteiger partial charge in [0, 0.05) is 17.5 Å². The van der Waals surface area contributed by atoms with Crippen LogP contribution in [0.25, 0.3) is 0 Å². The molecule has 0 heterocycles. The van der Waals surface area contributed by atoms with Crippen molar-refractivity contribution in [3.05, 3.63) is 23.8 Å². The van der Waals surface area contributed by atoms with Gasteiger partial charge in [0.25, 0.3) is 0 Å². The van der Waals surface area contributed by atoms with E-state index < -0.39 is 0 Å². The molecule has 4 atom stereocenters. The zero-order valence-corrected chi connectivity index (χ0v) is 18.6. The maximum Gasteiger partial charge on any atom is 0.167 e. The molecule has 0 saturated heterocycles. The molecule has 0 spiro atoms. The molecule has 0 amide bonds. The van der Waals surface area contributed by atoms with Crippen LogP contribution in [-0.4, -0.2) is 29.1 Å². The van der Waals surface area contributed by atoms with Gasteiger partial charge in [-0.25, -0.2) is 0 Å². The Bertz CT molecular complexity index is 681. The summed E-state index contributed by atoms with van der Waals surface area (Å²) in [5.41, 5.74) is 10.8. The number of benzene rings is 1. The van der Waals surface area contributed by atoms with Gasteiger partial charge >= 0.3 is 0 Å². The molecule has 2 aliphatic carbocycles. The molecule has 3 unspecified atom stereocenters. The second kappa shape index (κ2) is 9.48. The highest BCUT2D eigenvalue weighted by molar-refractivity contribution is 5.99. The van der Waals surface area contributed by atoms with Crippen molar-refractivity contribution in [2.75, 3.05) is 13.1 Å². The van der Waals surface area contributed by atoms with Crippen LogP contribution in [0.1, 0.15) is 76.6 Å². The molecule has 164 valence electrons. The van der Waals surface area contributed by atoms with E-state index in [9.17, 15) is 15.0 Å². The van der Waals surface area contributed by atoms with Gasteiger partial charge in [-0.15, -0.1) is 0 Å². The van der Waals surface area contributed by atoms with E-state index in [1.807, 2.05) is 0 Å². The summed E-state index contributed by atoms with van der Waals surface area (Å²) >= 11 is 0. The zero-order valence-electron chi connectivity index (χ0n) is 18.6. The van der Waals surface area contributed by atoms with E-state index >= 15 is 0 Å². The highest BCUT2D eigenvalue weighted by atomic mass is 16.3. The number of nitrogens with two attached hydrogens (primary N) is 2. The Hall–Kier alpha value is -1.59. The van der Waals surface area contributed by atoms with Crippen molar-refractivity contribution in [2.45, 2.75) is 66.2 Å². The number of carbonyl (C=O) groups excluding carboxylic acids is 1. The molecule has 1 aromatic rings. The minimum absolute atomic E-state index is 0.00240. The average molecular weight is 405 g/mol. The Labute approximate surface area is 175 Å². The summed E-state index contributed by atoms with van der Waals surface area (Å²) in [5.74, 6) is 0.822. The van der Waals surface area contributed by atoms with Gasteiger partial charge in [-0.2, -0.15) is 0 Å². The fourth-order valence-corrected chi connectivity index (χ4v) is 6.10. The number of Topliss-reactive ketones (excluding diaryl/α,β-unsaturated/α-hetero) is 1. The lowest BCUT2D eigenvalue weighted by atomic mass is 9.46. The molecule has 0 aliphatic heterocycles. The van der Waals surface area contributed by atoms with Gasteiger partial charge in [0.1, 0.15) is 11.5 Å². The fraction of sp³-hybridized carbons (Fsp3) is 0.708. The van der Waals surface area contributed by atoms with E-state index in [0.717, 1.165) is 32.4 Å². The first-order valence-corrected chi connectivity index (χ1v) is 11.0. The Balaban J connectivity index is 0.000000537. The first kappa shape index (κ1) is 23.7. The first-order valence-electron chi connectivity index (χ1n) is 11.0. The van der Waals surface area contributed by atoms with Gasteiger partial charge in [0.05, 0.1) is 0 Å². The summed E-state index contributed by atoms with van der Waals surface area (Å²) < 4.78 is 0. The number of phenolic OH excluding ortho intramolecular Hbond substituents is 2. The Morgan fingerprint density at radius 3 is 2.14 bits per heavy atom. The number of hydrogen-bond acceptors (Lipinski definition) is 5. The van der Waals surface area contributed by atoms with Crippen molar-refractivity contribution in [3.8, 4) is 11.5 Å². The van der Waals surface area contributed by atoms with Crippen LogP contribution in [0.3, 0.4) is 0 Å². The van der Waals surface area contributed by atoms with Crippen molar-refractivity contribution in [1.82, 2.24) is 0 Å². The van der Waals surface area contributed by atoms with Crippen molar-refractivity contribution in [2.24, 2.45) is 40.1 Å². The van der Waals surface area contributed by atoms with E-state index in [4.69, 9.17) is 11.5 Å². The summed E-state index contributed by atoms with van der Waals surface area (Å²) in [5, 5.41) is 19.5. The number of rotatable bonds is 4. The van der Waals surface area contributed by atoms with Crippen molar-refractivity contribution in [3.63, 3.8) is 0 Å². The predicted octanol–water partition coefficient (Wildman–Crippen LogP) is 4.45. The predicted molar refractivity (Wildman–Crippen MR) is 118 cm³/mol. The van der Waals surface area contributed by atoms with Gasteiger partial charge in [-0.1, -0.05) is 34.1 Å². The second-order valence-electron chi connectivity index (χ2n) is 9.97. The number of carbonyl (C=O) groups is 1. The quantitative estimate of drug-likeness (QED) is 0.554. The first-order chi connectivity index (χ1) is 13.6. The molecule has 0 bridgehead atoms. The smallest absolute Gasteiger partial charge is 0.167 e. The molecule has 1 aromatic carbocycles. The summed E-state index contributed by atoms with van der Waals surface area (Å²) in [7, 11) is 0. The van der Waals surface area contributed by atoms with Crippen LogP contribution in [0.4, 0.5) is 0 Å². The van der Waals surface area contributed by atoms with Gasteiger partial charge < -0.3 is 21.7 Å². The van der Waals surface area contributed by atoms with E-state index in [0.29, 0.717) is 17.4 Å². The largest absolute Gasteiger partial charge is 0.508 e. The topological polar surface area (TPSA) is 110 Å². The van der Waals surface area contributed by atoms with Crippen LogP contribution in [0, 0.1) is 28.6 Å². The van der Waals surface area contributed by atoms with E-state index in [2.05, 4.69) is 27.7 Å². The third-order valence-corrected chi connectivity index (χ3v) is 7.34. The minimum Gasteiger partial charge on any atom is -0.508 e. The Kier molecular flexibility index (Phi) is 7.74. The summed E-state index contributed by atoms with van der Waals surface area (Å²) in [6, 6.07) is 4.26. The van der Waals surface area contributed by atoms with Gasteiger partial charge in [0.15, 0.2) is 5.78 Å². The monoisotopic (exact) mass is 404 g/mol. The van der Waals surface area contributed by atoms with E-state index in [-0.39, 0.29) is 34.0 Å². The standard InChI is InChI=1S/C21H30O3.C3H10N2/c1-13-6-7-17-20(2,3)8-5-9-21(17,4)18(13)19(24)14-10-15(22)12-16(23)11-14;4-2-1-3-5/h10-13,17-18,22-23H,5-9H2,1-4H3;1-5H2/t13-,17?,18?,21?;/m1./s1. The van der Waals surface area contributed by atoms with E-state index in [1.54, 1.807) is 0 Å². The highest BCUT2D eigenvalue weighted by Crippen LogP contribution is 2.61. The maximum atomic E-state index is 13.4. The van der Waals surface area contributed by atoms with Crippen LogP contribution >= 0.6 is 0 Å². The summed E-state index contributed by atoms with van der Waals surface area (Å²) in [6.07, 6.45) is 6.70. The Morgan fingerprint density at radius 2 is 1.62 bits per heavy atom. The zero-order chi connectivity index (χ0) is 21.8. The number of ketones is 1. The molecule has 2 saturated carbocycles. The summed E-state index contributed by atoms with van der Waals surface area (Å²) in [4.78, 5) is 13.4. The number of aromatic hydroxyl groups is 2. The fourth-order valence-electron chi connectivity index (χ4n) is 6.10. The molecule has 2 fully saturated rings. The minimum atomic E-state index is -0.0486. The molecular weight excluding hydrogens is 364 g/mol. The van der Waals surface area contributed by atoms with Gasteiger partial charge in [0.2, 0.25) is 0 Å². The van der Waals surface area contributed by atoms with Crippen molar-refractivity contribution in [1.29, 1.82) is 0 Å². The van der Waals surface area contributed by atoms with Gasteiger partial charge in [-0.3, -0.25) is 4.79 Å². The van der Waals surface area contributed by atoms with Crippen molar-refractivity contribution >= 4 is 5.78 Å². The highest BCUT2D eigenvalue weighted by Gasteiger charge is 2.55. The maximum absolute atomic E-state index is 13.4. The third-order valence-electron chi connectivity index (χ3n) is 7.34. The third kappa shape index (κ3) is 5.13. The molecule has 3 rings (SSSR count). The Morgan fingerprint density at radius 1 is 1.03 bits per heavy atom. The van der Waals surface area contributed by atoms with Crippen LogP contribution in [0.5, 0.6) is 11.5 Å². The molecule has 5 heteroatoms. The van der Waals surface area contributed by atoms with Crippen molar-refractivity contribution < 1.29 is 15.0 Å². The molecule has 29 heavy (non-hydrogen) atoms. The van der Waals surface area contributed by atoms with Crippen LogP contribution < -0.4 is 11.5 Å². The van der Waals surface area contributed by atoms with Gasteiger partial charge in [-0.05, 0) is 80.0 Å². The molecule has 0 aromatic heterocycles. The van der Waals surface area contributed by atoms with Crippen LogP contribution in [-0.2, 0) is 0 Å². The number of fused-ring (bicyclic) bond motifs is 1. The number of phenols is 2. The van der Waals surface area contributed by atoms with Crippen LogP contribution in [0.2, 0.25) is 0 Å². The van der Waals surface area contributed by atoms with E-state index in [1.165, 1.54) is 37.5 Å². The lowest BCUT2D eigenvalue weighted by Crippen LogP contribution is -2.53. The molecule has 6 N–H and O–H groups in total. The molecular formula is C24H40N2O3. The van der Waals surface area contributed by atoms with Crippen LogP contribution in [0.15, 0.2) is 18.2 Å². The summed E-state index contributed by atoms with van der Waals surface area (Å²) in [6.45, 7) is 10.6. The lowest BCUT2D eigenvalue weighted by molar-refractivity contribution is -0.0796. The number of hydrogen-bond donors (Lipinski definition) is 4. The normalized spacial score (nSPS) is 30.6. The molecule has 0 radical (unpaired) electrons.